The van der Waals surface area contributed by atoms with Crippen LogP contribution in [0.3, 0.4) is 0 Å². The number of amides is 1. The highest BCUT2D eigenvalue weighted by molar-refractivity contribution is 7.89. The number of nitrogens with one attached hydrogen (secondary N) is 1. The van der Waals surface area contributed by atoms with Gasteiger partial charge in [-0.3, -0.25) is 4.79 Å². The lowest BCUT2D eigenvalue weighted by Crippen LogP contribution is -2.36. The number of benzene rings is 1. The molecule has 1 amide bonds. The Morgan fingerprint density at radius 2 is 1.88 bits per heavy atom. The minimum Gasteiger partial charge on any atom is -0.356 e. The summed E-state index contributed by atoms with van der Waals surface area (Å²) >= 11 is 0. The number of sulfonamides is 1. The first-order valence-electron chi connectivity index (χ1n) is 9.08. The summed E-state index contributed by atoms with van der Waals surface area (Å²) in [6, 6.07) is 9.37. The molecule has 0 spiro atoms. The van der Waals surface area contributed by atoms with E-state index in [4.69, 9.17) is 0 Å². The molecular formula is C19H23N3O3S. The molecule has 3 heterocycles. The molecule has 0 bridgehead atoms. The molecule has 1 atom stereocenters. The molecule has 2 aromatic rings. The molecule has 1 fully saturated rings. The zero-order valence-electron chi connectivity index (χ0n) is 14.8. The number of nitrogens with zero attached hydrogens (tertiary/aromatic N) is 2. The Morgan fingerprint density at radius 1 is 1.15 bits per heavy atom. The number of aromatic nitrogens is 1. The summed E-state index contributed by atoms with van der Waals surface area (Å²) < 4.78 is 27.1. The lowest BCUT2D eigenvalue weighted by molar-refractivity contribution is 0.0977. The van der Waals surface area contributed by atoms with Crippen molar-refractivity contribution in [3.05, 3.63) is 47.8 Å². The van der Waals surface area contributed by atoms with Crippen molar-refractivity contribution in [2.75, 3.05) is 18.0 Å². The Labute approximate surface area is 153 Å². The quantitative estimate of drug-likeness (QED) is 0.899. The number of hydrogen-bond acceptors (Lipinski definition) is 3. The molecule has 26 heavy (non-hydrogen) atoms. The van der Waals surface area contributed by atoms with E-state index < -0.39 is 10.0 Å². The topological polar surface area (TPSA) is 73.5 Å². The second-order valence-electron chi connectivity index (χ2n) is 7.07. The van der Waals surface area contributed by atoms with Crippen molar-refractivity contribution in [1.82, 2.24) is 9.29 Å². The monoisotopic (exact) mass is 373 g/mol. The maximum absolute atomic E-state index is 13.0. The molecule has 6 nitrogen and oxygen atoms in total. The molecule has 1 aromatic carbocycles. The molecule has 2 aliphatic heterocycles. The fourth-order valence-electron chi connectivity index (χ4n) is 3.91. The van der Waals surface area contributed by atoms with Gasteiger partial charge in [0.25, 0.3) is 5.91 Å². The average Bonchev–Trinajstić information content (AvgIpc) is 3.26. The number of carbonyl (C=O) groups excluding carboxylic acids is 1. The van der Waals surface area contributed by atoms with Gasteiger partial charge in [0.05, 0.1) is 0 Å². The normalized spacial score (nSPS) is 21.0. The van der Waals surface area contributed by atoms with Crippen molar-refractivity contribution in [3.8, 4) is 0 Å². The van der Waals surface area contributed by atoms with Gasteiger partial charge in [0.15, 0.2) is 0 Å². The minimum absolute atomic E-state index is 0.0466. The summed E-state index contributed by atoms with van der Waals surface area (Å²) in [5.74, 6) is -0.192. The number of rotatable bonds is 3. The van der Waals surface area contributed by atoms with E-state index in [1.807, 2.05) is 31.2 Å². The average molecular weight is 373 g/mol. The standard InChI is InChI=1S/C19H23N3O3S/c1-14-11-15-7-3-4-8-18(15)22(14)19(23)17-12-16(13-20-17)26(24,25)21-9-5-2-6-10-21/h3-4,7-8,12-14,20H,2,5-6,9-11H2,1H3/t14-/m1/s1. The summed E-state index contributed by atoms with van der Waals surface area (Å²) in [5.41, 5.74) is 2.35. The van der Waals surface area contributed by atoms with Crippen molar-refractivity contribution >= 4 is 21.6 Å². The van der Waals surface area contributed by atoms with Gasteiger partial charge in [0.1, 0.15) is 10.6 Å². The molecule has 0 radical (unpaired) electrons. The summed E-state index contributed by atoms with van der Waals surface area (Å²) in [6.45, 7) is 3.10. The number of carbonyl (C=O) groups is 1. The van der Waals surface area contributed by atoms with Crippen LogP contribution in [0.5, 0.6) is 0 Å². The van der Waals surface area contributed by atoms with E-state index >= 15 is 0 Å². The molecule has 1 N–H and O–H groups in total. The predicted octanol–water partition coefficient (Wildman–Crippen LogP) is 2.78. The van der Waals surface area contributed by atoms with Gasteiger partial charge in [-0.1, -0.05) is 24.6 Å². The van der Waals surface area contributed by atoms with E-state index in [9.17, 15) is 13.2 Å². The Bertz CT molecular complexity index is 929. The van der Waals surface area contributed by atoms with Crippen LogP contribution in [0.25, 0.3) is 0 Å². The molecule has 2 aliphatic rings. The Morgan fingerprint density at radius 3 is 2.65 bits per heavy atom. The van der Waals surface area contributed by atoms with E-state index in [1.54, 1.807) is 4.90 Å². The molecular weight excluding hydrogens is 350 g/mol. The van der Waals surface area contributed by atoms with Crippen LogP contribution in [0.1, 0.15) is 42.2 Å². The zero-order valence-corrected chi connectivity index (χ0v) is 15.6. The number of fused-ring (bicyclic) bond motifs is 1. The molecule has 1 saturated heterocycles. The van der Waals surface area contributed by atoms with Crippen LogP contribution >= 0.6 is 0 Å². The molecule has 0 saturated carbocycles. The first kappa shape index (κ1) is 17.3. The highest BCUT2D eigenvalue weighted by Crippen LogP contribution is 2.33. The van der Waals surface area contributed by atoms with E-state index in [0.29, 0.717) is 18.8 Å². The Kier molecular flexibility index (Phi) is 4.36. The van der Waals surface area contributed by atoms with Crippen LogP contribution in [0.4, 0.5) is 5.69 Å². The van der Waals surface area contributed by atoms with Crippen molar-refractivity contribution in [2.24, 2.45) is 0 Å². The summed E-state index contributed by atoms with van der Waals surface area (Å²) in [4.78, 5) is 17.8. The van der Waals surface area contributed by atoms with Crippen LogP contribution < -0.4 is 4.90 Å². The lowest BCUT2D eigenvalue weighted by atomic mass is 10.1. The smallest absolute Gasteiger partial charge is 0.274 e. The number of anilines is 1. The highest BCUT2D eigenvalue weighted by atomic mass is 32.2. The van der Waals surface area contributed by atoms with E-state index in [1.165, 1.54) is 16.6 Å². The Balaban J connectivity index is 1.61. The van der Waals surface area contributed by atoms with Gasteiger partial charge in [-0.2, -0.15) is 4.31 Å². The SMILES string of the molecule is C[C@@H]1Cc2ccccc2N1C(=O)c1cc(S(=O)(=O)N2CCCCC2)c[nH]1. The molecule has 1 aromatic heterocycles. The first-order chi connectivity index (χ1) is 12.5. The van der Waals surface area contributed by atoms with Gasteiger partial charge >= 0.3 is 0 Å². The third kappa shape index (κ3) is 2.85. The van der Waals surface area contributed by atoms with Crippen molar-refractivity contribution < 1.29 is 13.2 Å². The fourth-order valence-corrected chi connectivity index (χ4v) is 5.42. The van der Waals surface area contributed by atoms with Gasteiger partial charge in [0, 0.05) is 31.0 Å². The number of para-hydroxylation sites is 1. The van der Waals surface area contributed by atoms with E-state index in [0.717, 1.165) is 36.9 Å². The highest BCUT2D eigenvalue weighted by Gasteiger charge is 2.33. The fraction of sp³-hybridized carbons (Fsp3) is 0.421. The Hall–Kier alpha value is -2.12. The van der Waals surface area contributed by atoms with Crippen LogP contribution in [0.15, 0.2) is 41.4 Å². The van der Waals surface area contributed by atoms with Gasteiger partial charge < -0.3 is 9.88 Å². The van der Waals surface area contributed by atoms with E-state index in [2.05, 4.69) is 4.98 Å². The molecule has 0 aliphatic carbocycles. The molecule has 4 rings (SSSR count). The lowest BCUT2D eigenvalue weighted by Gasteiger charge is -2.25. The zero-order chi connectivity index (χ0) is 18.3. The largest absolute Gasteiger partial charge is 0.356 e. The van der Waals surface area contributed by atoms with Crippen LogP contribution in [-0.2, 0) is 16.4 Å². The molecule has 0 unspecified atom stereocenters. The van der Waals surface area contributed by atoms with Gasteiger partial charge in [-0.15, -0.1) is 0 Å². The van der Waals surface area contributed by atoms with Crippen LogP contribution in [0, 0.1) is 0 Å². The maximum atomic E-state index is 13.0. The summed E-state index contributed by atoms with van der Waals surface area (Å²) in [5, 5.41) is 0. The third-order valence-electron chi connectivity index (χ3n) is 5.27. The van der Waals surface area contributed by atoms with Crippen molar-refractivity contribution in [2.45, 2.75) is 43.5 Å². The van der Waals surface area contributed by atoms with Gasteiger partial charge in [0.2, 0.25) is 10.0 Å². The summed E-state index contributed by atoms with van der Waals surface area (Å²) in [7, 11) is -3.54. The van der Waals surface area contributed by atoms with Crippen molar-refractivity contribution in [1.29, 1.82) is 0 Å². The maximum Gasteiger partial charge on any atom is 0.274 e. The van der Waals surface area contributed by atoms with Crippen LogP contribution in [0.2, 0.25) is 0 Å². The molecule has 138 valence electrons. The van der Waals surface area contributed by atoms with Crippen LogP contribution in [-0.4, -0.2) is 42.7 Å². The number of hydrogen-bond donors (Lipinski definition) is 1. The van der Waals surface area contributed by atoms with Gasteiger partial charge in [-0.05, 0) is 43.9 Å². The minimum atomic E-state index is -3.54. The number of aromatic amines is 1. The predicted molar refractivity (Wildman–Crippen MR) is 99.8 cm³/mol. The number of piperidine rings is 1. The first-order valence-corrected chi connectivity index (χ1v) is 10.5. The second-order valence-corrected chi connectivity index (χ2v) is 9.01. The molecule has 7 heteroatoms. The van der Waals surface area contributed by atoms with E-state index in [-0.39, 0.29) is 16.8 Å². The third-order valence-corrected chi connectivity index (χ3v) is 7.14. The second kappa shape index (κ2) is 6.55. The summed E-state index contributed by atoms with van der Waals surface area (Å²) in [6.07, 6.45) is 5.08. The number of H-pyrrole nitrogens is 1. The van der Waals surface area contributed by atoms with Gasteiger partial charge in [-0.25, -0.2) is 8.42 Å². The van der Waals surface area contributed by atoms with Crippen molar-refractivity contribution in [3.63, 3.8) is 0 Å².